The zero-order chi connectivity index (χ0) is 10.8. The molecule has 0 spiro atoms. The maximum absolute atomic E-state index is 10.9. The number of H-pyrrole nitrogens is 1. The number of aldehydes is 1. The Morgan fingerprint density at radius 1 is 1.27 bits per heavy atom. The normalized spacial score (nSPS) is 10.3. The van der Waals surface area contributed by atoms with Gasteiger partial charge in [-0.3, -0.25) is 4.79 Å². The fraction of sp³-hybridized carbons (Fsp3) is 0.167. The van der Waals surface area contributed by atoms with Gasteiger partial charge in [0, 0.05) is 5.56 Å². The van der Waals surface area contributed by atoms with Gasteiger partial charge >= 0.3 is 0 Å². The number of carbonyl (C=O) groups excluding carboxylic acids is 1. The van der Waals surface area contributed by atoms with Crippen molar-refractivity contribution in [3.8, 4) is 11.3 Å². The molecule has 0 bridgehead atoms. The van der Waals surface area contributed by atoms with Crippen LogP contribution in [-0.2, 0) is 0 Å². The number of hydrogen-bond donors (Lipinski definition) is 1. The molecular weight excluding hydrogens is 188 g/mol. The van der Waals surface area contributed by atoms with Gasteiger partial charge in [-0.1, -0.05) is 24.3 Å². The Labute approximate surface area is 88.2 Å². The van der Waals surface area contributed by atoms with E-state index < -0.39 is 0 Å². The number of rotatable bonds is 2. The molecule has 76 valence electrons. The Hall–Kier alpha value is -1.90. The van der Waals surface area contributed by atoms with Crippen LogP contribution in [0.1, 0.15) is 21.9 Å². The number of aryl methyl sites for hydroxylation is 2. The molecule has 0 fully saturated rings. The summed E-state index contributed by atoms with van der Waals surface area (Å²) in [4.78, 5) is 18.1. The second-order valence-electron chi connectivity index (χ2n) is 3.52. The number of carbonyl (C=O) groups is 1. The minimum atomic E-state index is 0.543. The van der Waals surface area contributed by atoms with E-state index in [2.05, 4.69) is 9.97 Å². The number of aromatic amines is 1. The molecule has 2 aromatic rings. The van der Waals surface area contributed by atoms with Crippen molar-refractivity contribution in [2.24, 2.45) is 0 Å². The molecule has 1 aromatic heterocycles. The molecule has 3 heteroatoms. The van der Waals surface area contributed by atoms with Gasteiger partial charge in [0.2, 0.25) is 0 Å². The fourth-order valence-electron chi connectivity index (χ4n) is 1.64. The van der Waals surface area contributed by atoms with Gasteiger partial charge in [-0.05, 0) is 19.4 Å². The van der Waals surface area contributed by atoms with Gasteiger partial charge in [0.15, 0.2) is 6.29 Å². The minimum Gasteiger partial charge on any atom is -0.340 e. The predicted octanol–water partition coefficient (Wildman–Crippen LogP) is 2.51. The van der Waals surface area contributed by atoms with E-state index >= 15 is 0 Å². The van der Waals surface area contributed by atoms with Crippen LogP contribution in [0.15, 0.2) is 24.3 Å². The molecule has 0 aliphatic carbocycles. The van der Waals surface area contributed by atoms with Gasteiger partial charge in [-0.2, -0.15) is 0 Å². The van der Waals surface area contributed by atoms with Crippen molar-refractivity contribution in [3.05, 3.63) is 41.3 Å². The molecule has 1 N–H and O–H groups in total. The van der Waals surface area contributed by atoms with Crippen molar-refractivity contribution < 1.29 is 4.79 Å². The third kappa shape index (κ3) is 1.68. The molecule has 0 radical (unpaired) electrons. The first-order valence-electron chi connectivity index (χ1n) is 4.80. The average molecular weight is 200 g/mol. The third-order valence-corrected chi connectivity index (χ3v) is 2.37. The summed E-state index contributed by atoms with van der Waals surface area (Å²) in [5.74, 6) is 0.760. The van der Waals surface area contributed by atoms with Crippen LogP contribution in [0.4, 0.5) is 0 Å². The highest BCUT2D eigenvalue weighted by Crippen LogP contribution is 2.23. The smallest absolute Gasteiger partial charge is 0.168 e. The van der Waals surface area contributed by atoms with Gasteiger partial charge in [0.05, 0.1) is 5.69 Å². The second kappa shape index (κ2) is 3.69. The Bertz CT molecular complexity index is 500. The topological polar surface area (TPSA) is 45.8 Å². The molecule has 1 heterocycles. The molecule has 1 aromatic carbocycles. The lowest BCUT2D eigenvalue weighted by Crippen LogP contribution is -1.88. The van der Waals surface area contributed by atoms with Crippen LogP contribution in [0, 0.1) is 13.8 Å². The first kappa shape index (κ1) is 9.65. The van der Waals surface area contributed by atoms with Crippen LogP contribution in [0.2, 0.25) is 0 Å². The molecule has 3 nitrogen and oxygen atoms in total. The lowest BCUT2D eigenvalue weighted by Gasteiger charge is -2.01. The Morgan fingerprint density at radius 3 is 2.67 bits per heavy atom. The van der Waals surface area contributed by atoms with Gasteiger partial charge in [-0.25, -0.2) is 4.98 Å². The lowest BCUT2D eigenvalue weighted by molar-refractivity contribution is 0.112. The Kier molecular flexibility index (Phi) is 2.37. The summed E-state index contributed by atoms with van der Waals surface area (Å²) in [5, 5.41) is 0. The van der Waals surface area contributed by atoms with Crippen molar-refractivity contribution in [2.75, 3.05) is 0 Å². The third-order valence-electron chi connectivity index (χ3n) is 2.37. The van der Waals surface area contributed by atoms with E-state index in [1.54, 1.807) is 0 Å². The summed E-state index contributed by atoms with van der Waals surface area (Å²) in [6.45, 7) is 3.85. The van der Waals surface area contributed by atoms with Crippen LogP contribution in [-0.4, -0.2) is 16.3 Å². The standard InChI is InChI=1S/C12H12N2O/c1-8-5-3-4-6-10(8)12-11(7-15)13-9(2)14-12/h3-7H,1-2H3,(H,13,14). The number of nitrogens with zero attached hydrogens (tertiary/aromatic N) is 1. The van der Waals surface area contributed by atoms with Crippen LogP contribution < -0.4 is 0 Å². The van der Waals surface area contributed by atoms with Crippen LogP contribution >= 0.6 is 0 Å². The molecular formula is C12H12N2O. The van der Waals surface area contributed by atoms with E-state index in [4.69, 9.17) is 0 Å². The van der Waals surface area contributed by atoms with Gasteiger partial charge in [-0.15, -0.1) is 0 Å². The van der Waals surface area contributed by atoms with Crippen LogP contribution in [0.5, 0.6) is 0 Å². The molecule has 0 aliphatic heterocycles. The van der Waals surface area contributed by atoms with Crippen LogP contribution in [0.25, 0.3) is 11.3 Å². The van der Waals surface area contributed by atoms with Crippen molar-refractivity contribution in [3.63, 3.8) is 0 Å². The number of imidazole rings is 1. The highest BCUT2D eigenvalue weighted by atomic mass is 16.1. The summed E-state index contributed by atoms with van der Waals surface area (Å²) < 4.78 is 0. The number of aromatic nitrogens is 2. The molecule has 0 amide bonds. The Balaban J connectivity index is 2.63. The molecule has 15 heavy (non-hydrogen) atoms. The Morgan fingerprint density at radius 2 is 2.00 bits per heavy atom. The molecule has 0 aliphatic rings. The molecule has 0 saturated carbocycles. The van der Waals surface area contributed by atoms with Crippen molar-refractivity contribution in [1.29, 1.82) is 0 Å². The predicted molar refractivity (Wildman–Crippen MR) is 58.9 cm³/mol. The average Bonchev–Trinajstić information content (AvgIpc) is 2.60. The van der Waals surface area contributed by atoms with Crippen molar-refractivity contribution in [2.45, 2.75) is 13.8 Å². The van der Waals surface area contributed by atoms with Crippen LogP contribution in [0.3, 0.4) is 0 Å². The summed E-state index contributed by atoms with van der Waals surface area (Å²) in [6.07, 6.45) is 0.807. The first-order chi connectivity index (χ1) is 7.22. The zero-order valence-electron chi connectivity index (χ0n) is 8.74. The zero-order valence-corrected chi connectivity index (χ0v) is 8.74. The van der Waals surface area contributed by atoms with Crippen molar-refractivity contribution in [1.82, 2.24) is 9.97 Å². The fourth-order valence-corrected chi connectivity index (χ4v) is 1.64. The number of benzene rings is 1. The number of nitrogens with one attached hydrogen (secondary N) is 1. The highest BCUT2D eigenvalue weighted by Gasteiger charge is 2.10. The minimum absolute atomic E-state index is 0.543. The lowest BCUT2D eigenvalue weighted by atomic mass is 10.1. The van der Waals surface area contributed by atoms with Crippen molar-refractivity contribution >= 4 is 6.29 Å². The van der Waals surface area contributed by atoms with Gasteiger partial charge in [0.1, 0.15) is 11.5 Å². The van der Waals surface area contributed by atoms with E-state index in [9.17, 15) is 4.79 Å². The second-order valence-corrected chi connectivity index (χ2v) is 3.52. The first-order valence-corrected chi connectivity index (χ1v) is 4.80. The summed E-state index contributed by atoms with van der Waals surface area (Å²) in [5.41, 5.74) is 3.40. The van der Waals surface area contributed by atoms with E-state index in [0.717, 1.165) is 28.9 Å². The van der Waals surface area contributed by atoms with Gasteiger partial charge in [0.25, 0.3) is 0 Å². The molecule has 0 unspecified atom stereocenters. The summed E-state index contributed by atoms with van der Waals surface area (Å²) in [7, 11) is 0. The van der Waals surface area contributed by atoms with Gasteiger partial charge < -0.3 is 4.98 Å². The molecule has 0 saturated heterocycles. The molecule has 2 rings (SSSR count). The molecule has 0 atom stereocenters. The largest absolute Gasteiger partial charge is 0.340 e. The van der Waals surface area contributed by atoms with E-state index in [1.165, 1.54) is 0 Å². The number of hydrogen-bond acceptors (Lipinski definition) is 2. The SMILES string of the molecule is Cc1nc(-c2ccccc2C)c(C=O)[nH]1. The van der Waals surface area contributed by atoms with E-state index in [0.29, 0.717) is 5.69 Å². The van der Waals surface area contributed by atoms with E-state index in [1.807, 2.05) is 38.1 Å². The highest BCUT2D eigenvalue weighted by molar-refractivity contribution is 5.84. The maximum Gasteiger partial charge on any atom is 0.168 e. The monoisotopic (exact) mass is 200 g/mol. The maximum atomic E-state index is 10.9. The quantitative estimate of drug-likeness (QED) is 0.757. The van der Waals surface area contributed by atoms with E-state index in [-0.39, 0.29) is 0 Å². The summed E-state index contributed by atoms with van der Waals surface area (Å²) >= 11 is 0. The summed E-state index contributed by atoms with van der Waals surface area (Å²) in [6, 6.07) is 7.89.